The predicted octanol–water partition coefficient (Wildman–Crippen LogP) is 3.39. The zero-order valence-electron chi connectivity index (χ0n) is 16.4. The summed E-state index contributed by atoms with van der Waals surface area (Å²) in [6.45, 7) is 1.58. The average Bonchev–Trinajstić information content (AvgIpc) is 2.71. The van der Waals surface area contributed by atoms with E-state index < -0.39 is 68.5 Å². The van der Waals surface area contributed by atoms with E-state index in [1.54, 1.807) is 0 Å². The molecule has 12 heteroatoms. The molecule has 0 aliphatic heterocycles. The number of rotatable bonds is 5. The van der Waals surface area contributed by atoms with Crippen molar-refractivity contribution in [3.63, 3.8) is 0 Å². The quantitative estimate of drug-likeness (QED) is 0.358. The van der Waals surface area contributed by atoms with Crippen LogP contribution in [0.4, 0.5) is 18.9 Å². The second kappa shape index (κ2) is 8.13. The normalized spacial score (nSPS) is 10.9. The number of nitro benzene ring substituents is 1. The number of esters is 1. The topological polar surface area (TPSA) is 129 Å². The Labute approximate surface area is 176 Å². The van der Waals surface area contributed by atoms with Gasteiger partial charge in [0.1, 0.15) is 12.2 Å². The number of ether oxygens (including phenoxy) is 1. The summed E-state index contributed by atoms with van der Waals surface area (Å²) in [7, 11) is 0. The summed E-state index contributed by atoms with van der Waals surface area (Å²) >= 11 is 0. The van der Waals surface area contributed by atoms with E-state index in [0.717, 1.165) is 24.6 Å². The Balaban J connectivity index is 2.54. The minimum Gasteiger partial charge on any atom is -0.477 e. The lowest BCUT2D eigenvalue weighted by Crippen LogP contribution is -2.20. The van der Waals surface area contributed by atoms with Gasteiger partial charge in [-0.05, 0) is 19.1 Å². The first-order chi connectivity index (χ1) is 14.9. The molecule has 0 saturated carbocycles. The molecule has 3 aromatic rings. The molecule has 2 aromatic carbocycles. The van der Waals surface area contributed by atoms with Crippen molar-refractivity contribution in [1.82, 2.24) is 4.57 Å². The van der Waals surface area contributed by atoms with Crippen LogP contribution < -0.4 is 5.43 Å². The van der Waals surface area contributed by atoms with Gasteiger partial charge in [-0.15, -0.1) is 0 Å². The Bertz CT molecular complexity index is 1380. The number of pyridine rings is 1. The Hall–Kier alpha value is -4.22. The molecule has 0 fully saturated rings. The molecule has 166 valence electrons. The van der Waals surface area contributed by atoms with Crippen molar-refractivity contribution in [3.05, 3.63) is 78.9 Å². The van der Waals surface area contributed by atoms with Crippen molar-refractivity contribution in [1.29, 1.82) is 0 Å². The molecule has 0 spiro atoms. The van der Waals surface area contributed by atoms with Gasteiger partial charge in [-0.1, -0.05) is 0 Å². The molecule has 0 amide bonds. The molecule has 0 atom stereocenters. The number of fused-ring (bicyclic) bond motifs is 1. The third-order valence-electron chi connectivity index (χ3n) is 4.67. The van der Waals surface area contributed by atoms with Gasteiger partial charge in [0, 0.05) is 30.3 Å². The Morgan fingerprint density at radius 3 is 2.41 bits per heavy atom. The number of benzene rings is 2. The monoisotopic (exact) mass is 450 g/mol. The summed E-state index contributed by atoms with van der Waals surface area (Å²) in [5.41, 5.74) is -4.13. The number of nitro groups is 1. The SMILES string of the molecule is CC(=O)OCc1cc(F)c([N+](=O)[O-])cc1-n1cc(C(=O)O)c(=O)c2cc(F)c(F)c(C)c21. The molecule has 1 heterocycles. The number of aryl methyl sites for hydroxylation is 1. The molecule has 0 bridgehead atoms. The number of carboxylic acids is 1. The first kappa shape index (κ1) is 22.5. The second-order valence-corrected chi connectivity index (χ2v) is 6.71. The predicted molar refractivity (Wildman–Crippen MR) is 103 cm³/mol. The Morgan fingerprint density at radius 1 is 1.19 bits per heavy atom. The van der Waals surface area contributed by atoms with Gasteiger partial charge in [0.05, 0.1) is 21.5 Å². The van der Waals surface area contributed by atoms with Crippen LogP contribution in [0.2, 0.25) is 0 Å². The van der Waals surface area contributed by atoms with Gasteiger partial charge in [-0.2, -0.15) is 4.39 Å². The second-order valence-electron chi connectivity index (χ2n) is 6.71. The van der Waals surface area contributed by atoms with Crippen molar-refractivity contribution in [2.75, 3.05) is 0 Å². The van der Waals surface area contributed by atoms with Gasteiger partial charge >= 0.3 is 17.6 Å². The van der Waals surface area contributed by atoms with Gasteiger partial charge in [0.15, 0.2) is 11.6 Å². The number of nitrogens with zero attached hydrogens (tertiary/aromatic N) is 2. The van der Waals surface area contributed by atoms with Gasteiger partial charge in [0.25, 0.3) is 0 Å². The molecule has 0 saturated heterocycles. The number of halogens is 3. The first-order valence-electron chi connectivity index (χ1n) is 8.81. The molecule has 0 radical (unpaired) electrons. The lowest BCUT2D eigenvalue weighted by Gasteiger charge is -2.18. The number of hydrogen-bond acceptors (Lipinski definition) is 6. The smallest absolute Gasteiger partial charge is 0.341 e. The largest absolute Gasteiger partial charge is 0.477 e. The molecule has 0 unspecified atom stereocenters. The molecule has 0 aliphatic rings. The first-order valence-corrected chi connectivity index (χ1v) is 8.81. The lowest BCUT2D eigenvalue weighted by molar-refractivity contribution is -0.387. The number of hydrogen-bond donors (Lipinski definition) is 1. The summed E-state index contributed by atoms with van der Waals surface area (Å²) in [4.78, 5) is 45.6. The average molecular weight is 450 g/mol. The van der Waals surface area contributed by atoms with E-state index in [0.29, 0.717) is 18.2 Å². The highest BCUT2D eigenvalue weighted by atomic mass is 19.2. The maximum Gasteiger partial charge on any atom is 0.341 e. The number of aromatic nitrogens is 1. The number of carbonyl (C=O) groups is 2. The summed E-state index contributed by atoms with van der Waals surface area (Å²) in [5.74, 6) is -6.50. The van der Waals surface area contributed by atoms with Crippen LogP contribution in [-0.4, -0.2) is 26.5 Å². The van der Waals surface area contributed by atoms with Crippen LogP contribution in [0.5, 0.6) is 0 Å². The van der Waals surface area contributed by atoms with Crippen LogP contribution in [0.15, 0.2) is 29.2 Å². The molecular formula is C20H13F3N2O7. The minimum absolute atomic E-state index is 0.159. The molecule has 0 aliphatic carbocycles. The van der Waals surface area contributed by atoms with E-state index in [9.17, 15) is 42.8 Å². The van der Waals surface area contributed by atoms with Crippen molar-refractivity contribution in [2.45, 2.75) is 20.5 Å². The summed E-state index contributed by atoms with van der Waals surface area (Å²) in [6.07, 6.45) is 0.756. The molecule has 1 aromatic heterocycles. The van der Waals surface area contributed by atoms with E-state index in [-0.39, 0.29) is 16.8 Å². The minimum atomic E-state index is -1.70. The number of carbonyl (C=O) groups excluding carboxylic acids is 1. The van der Waals surface area contributed by atoms with E-state index in [2.05, 4.69) is 0 Å². The van der Waals surface area contributed by atoms with Gasteiger partial charge in [-0.3, -0.25) is 19.7 Å². The van der Waals surface area contributed by atoms with Crippen LogP contribution in [0.3, 0.4) is 0 Å². The molecular weight excluding hydrogens is 437 g/mol. The lowest BCUT2D eigenvalue weighted by atomic mass is 10.0. The maximum absolute atomic E-state index is 14.3. The van der Waals surface area contributed by atoms with Crippen molar-refractivity contribution >= 4 is 28.5 Å². The van der Waals surface area contributed by atoms with E-state index in [4.69, 9.17) is 4.74 Å². The highest BCUT2D eigenvalue weighted by molar-refractivity contribution is 5.94. The fraction of sp³-hybridized carbons (Fsp3) is 0.150. The Morgan fingerprint density at radius 2 is 1.84 bits per heavy atom. The molecule has 3 rings (SSSR count). The van der Waals surface area contributed by atoms with Crippen LogP contribution in [0.25, 0.3) is 16.6 Å². The van der Waals surface area contributed by atoms with Crippen LogP contribution >= 0.6 is 0 Å². The van der Waals surface area contributed by atoms with Crippen LogP contribution in [0.1, 0.15) is 28.4 Å². The van der Waals surface area contributed by atoms with Crippen molar-refractivity contribution < 1.29 is 37.5 Å². The molecule has 1 N–H and O–H groups in total. The highest BCUT2D eigenvalue weighted by Crippen LogP contribution is 2.31. The summed E-state index contributed by atoms with van der Waals surface area (Å²) < 4.78 is 48.3. The fourth-order valence-corrected chi connectivity index (χ4v) is 3.22. The zero-order chi connectivity index (χ0) is 23.9. The standard InChI is InChI=1S/C20H13F3N2O7/c1-8-17(23)14(22)4-11-18(8)24(6-12(19(11)27)20(28)29)15-5-16(25(30)31)13(21)3-10(15)7-32-9(2)26/h3-6H,7H2,1-2H3,(H,28,29). The maximum atomic E-state index is 14.3. The molecule has 32 heavy (non-hydrogen) atoms. The number of aromatic carboxylic acids is 1. The zero-order valence-corrected chi connectivity index (χ0v) is 16.4. The van der Waals surface area contributed by atoms with E-state index in [1.165, 1.54) is 0 Å². The van der Waals surface area contributed by atoms with Gasteiger partial charge in [0.2, 0.25) is 11.2 Å². The van der Waals surface area contributed by atoms with Crippen LogP contribution in [0, 0.1) is 34.5 Å². The van der Waals surface area contributed by atoms with Crippen molar-refractivity contribution in [2.24, 2.45) is 0 Å². The molecule has 9 nitrogen and oxygen atoms in total. The van der Waals surface area contributed by atoms with Gasteiger partial charge in [-0.25, -0.2) is 13.6 Å². The summed E-state index contributed by atoms with van der Waals surface area (Å²) in [6, 6.07) is 1.91. The third-order valence-corrected chi connectivity index (χ3v) is 4.67. The van der Waals surface area contributed by atoms with Crippen LogP contribution in [-0.2, 0) is 16.1 Å². The summed E-state index contributed by atoms with van der Waals surface area (Å²) in [5, 5.41) is 20.1. The number of carboxylic acid groups (broad SMARTS) is 1. The highest BCUT2D eigenvalue weighted by Gasteiger charge is 2.25. The van der Waals surface area contributed by atoms with Gasteiger partial charge < -0.3 is 14.4 Å². The van der Waals surface area contributed by atoms with Crippen molar-refractivity contribution in [3.8, 4) is 5.69 Å². The Kier molecular flexibility index (Phi) is 5.71. The van der Waals surface area contributed by atoms with E-state index in [1.807, 2.05) is 0 Å². The third kappa shape index (κ3) is 3.77. The fourth-order valence-electron chi connectivity index (χ4n) is 3.22. The van der Waals surface area contributed by atoms with E-state index >= 15 is 0 Å².